The van der Waals surface area contributed by atoms with Crippen LogP contribution in [0.25, 0.3) is 0 Å². The molecule has 0 aliphatic rings. The molecular formula is C10H22N2. The van der Waals surface area contributed by atoms with E-state index in [0.717, 1.165) is 25.2 Å². The van der Waals surface area contributed by atoms with Crippen molar-refractivity contribution in [1.29, 1.82) is 0 Å². The summed E-state index contributed by atoms with van der Waals surface area (Å²) in [6.07, 6.45) is 1.14. The summed E-state index contributed by atoms with van der Waals surface area (Å²) in [5.41, 5.74) is 1.29. The number of allylic oxidation sites excluding steroid dienone is 1. The van der Waals surface area contributed by atoms with Crippen molar-refractivity contribution in [2.24, 2.45) is 0 Å². The summed E-state index contributed by atoms with van der Waals surface area (Å²) in [6, 6.07) is 0. The van der Waals surface area contributed by atoms with E-state index < -0.39 is 0 Å². The highest BCUT2D eigenvalue weighted by molar-refractivity contribution is 4.83. The molecule has 0 aliphatic heterocycles. The normalized spacial score (nSPS) is 11.3. The Balaban J connectivity index is 3.17. The number of rotatable bonds is 5. The van der Waals surface area contributed by atoms with Gasteiger partial charge in [-0.1, -0.05) is 6.58 Å². The average molecular weight is 170 g/mol. The van der Waals surface area contributed by atoms with Crippen LogP contribution in [0.15, 0.2) is 12.3 Å². The van der Waals surface area contributed by atoms with Crippen LogP contribution in [0.4, 0.5) is 0 Å². The highest BCUT2D eigenvalue weighted by atomic mass is 14.9. The molecule has 0 amide bonds. The molecule has 2 N–H and O–H groups in total. The predicted molar refractivity (Wildman–Crippen MR) is 55.2 cm³/mol. The van der Waals surface area contributed by atoms with Gasteiger partial charge in [-0.05, 0) is 40.7 Å². The fraction of sp³-hybridized carbons (Fsp3) is 0.800. The van der Waals surface area contributed by atoms with E-state index in [9.17, 15) is 0 Å². The number of nitrogens with one attached hydrogen (secondary N) is 2. The molecular weight excluding hydrogens is 148 g/mol. The summed E-state index contributed by atoms with van der Waals surface area (Å²) >= 11 is 0. The standard InChI is InChI=1S/C10H22N2/c1-9(2)11-7-6-8-12-10(3,4)5/h11-12H,1,6-8H2,2-5H3. The van der Waals surface area contributed by atoms with Crippen LogP contribution in [-0.4, -0.2) is 18.6 Å². The van der Waals surface area contributed by atoms with Crippen LogP contribution in [-0.2, 0) is 0 Å². The largest absolute Gasteiger partial charge is 0.389 e. The van der Waals surface area contributed by atoms with Crippen molar-refractivity contribution in [2.45, 2.75) is 39.7 Å². The molecule has 12 heavy (non-hydrogen) atoms. The van der Waals surface area contributed by atoms with Gasteiger partial charge in [-0.2, -0.15) is 0 Å². The maximum atomic E-state index is 3.77. The van der Waals surface area contributed by atoms with Crippen LogP contribution in [0, 0.1) is 0 Å². The monoisotopic (exact) mass is 170 g/mol. The number of hydrogen-bond acceptors (Lipinski definition) is 2. The molecule has 2 nitrogen and oxygen atoms in total. The molecule has 0 aliphatic carbocycles. The second-order valence-corrected chi connectivity index (χ2v) is 4.24. The summed E-state index contributed by atoms with van der Waals surface area (Å²) < 4.78 is 0. The SMILES string of the molecule is C=C(C)NCCCNC(C)(C)C. The minimum Gasteiger partial charge on any atom is -0.389 e. The van der Waals surface area contributed by atoms with Gasteiger partial charge in [-0.15, -0.1) is 0 Å². The van der Waals surface area contributed by atoms with Gasteiger partial charge in [0.1, 0.15) is 0 Å². The van der Waals surface area contributed by atoms with Crippen molar-refractivity contribution in [3.8, 4) is 0 Å². The summed E-state index contributed by atoms with van der Waals surface area (Å²) in [6.45, 7) is 14.4. The van der Waals surface area contributed by atoms with E-state index >= 15 is 0 Å². The minimum absolute atomic E-state index is 0.239. The fourth-order valence-electron chi connectivity index (χ4n) is 0.854. The smallest absolute Gasteiger partial charge is 0.0155 e. The molecule has 0 spiro atoms. The first kappa shape index (κ1) is 11.5. The topological polar surface area (TPSA) is 24.1 Å². The van der Waals surface area contributed by atoms with Crippen molar-refractivity contribution in [1.82, 2.24) is 10.6 Å². The zero-order valence-electron chi connectivity index (χ0n) is 8.83. The minimum atomic E-state index is 0.239. The summed E-state index contributed by atoms with van der Waals surface area (Å²) in [5, 5.41) is 6.62. The van der Waals surface area contributed by atoms with E-state index in [1.54, 1.807) is 0 Å². The average Bonchev–Trinajstić information content (AvgIpc) is 1.83. The van der Waals surface area contributed by atoms with Crippen molar-refractivity contribution >= 4 is 0 Å². The lowest BCUT2D eigenvalue weighted by atomic mass is 10.1. The molecule has 0 saturated heterocycles. The molecule has 0 aromatic carbocycles. The molecule has 0 heterocycles. The van der Waals surface area contributed by atoms with Gasteiger partial charge >= 0.3 is 0 Å². The maximum absolute atomic E-state index is 3.77. The third kappa shape index (κ3) is 9.50. The van der Waals surface area contributed by atoms with Crippen LogP contribution in [0.3, 0.4) is 0 Å². The quantitative estimate of drug-likeness (QED) is 0.616. The van der Waals surface area contributed by atoms with Crippen molar-refractivity contribution < 1.29 is 0 Å². The molecule has 0 atom stereocenters. The third-order valence-electron chi connectivity index (χ3n) is 1.44. The Morgan fingerprint density at radius 1 is 1.25 bits per heavy atom. The molecule has 2 heteroatoms. The molecule has 0 aromatic rings. The van der Waals surface area contributed by atoms with Crippen LogP contribution in [0.2, 0.25) is 0 Å². The lowest BCUT2D eigenvalue weighted by molar-refractivity contribution is 0.421. The first-order valence-electron chi connectivity index (χ1n) is 4.56. The third-order valence-corrected chi connectivity index (χ3v) is 1.44. The molecule has 0 aromatic heterocycles. The van der Waals surface area contributed by atoms with E-state index in [1.807, 2.05) is 6.92 Å². The zero-order chi connectivity index (χ0) is 9.61. The summed E-state index contributed by atoms with van der Waals surface area (Å²) in [5.74, 6) is 0. The Bertz CT molecular complexity index is 133. The fourth-order valence-corrected chi connectivity index (χ4v) is 0.854. The molecule has 0 rings (SSSR count). The van der Waals surface area contributed by atoms with Gasteiger partial charge < -0.3 is 10.6 Å². The summed E-state index contributed by atoms with van der Waals surface area (Å²) in [4.78, 5) is 0. The van der Waals surface area contributed by atoms with Crippen LogP contribution in [0.1, 0.15) is 34.1 Å². The van der Waals surface area contributed by atoms with Crippen molar-refractivity contribution in [3.05, 3.63) is 12.3 Å². The lowest BCUT2D eigenvalue weighted by Gasteiger charge is -2.20. The maximum Gasteiger partial charge on any atom is 0.0155 e. The van der Waals surface area contributed by atoms with Gasteiger partial charge in [0, 0.05) is 17.8 Å². The van der Waals surface area contributed by atoms with Crippen LogP contribution < -0.4 is 10.6 Å². The highest BCUT2D eigenvalue weighted by Gasteiger charge is 2.06. The zero-order valence-corrected chi connectivity index (χ0v) is 8.83. The van der Waals surface area contributed by atoms with E-state index in [-0.39, 0.29) is 5.54 Å². The lowest BCUT2D eigenvalue weighted by Crippen LogP contribution is -2.37. The molecule has 0 bridgehead atoms. The predicted octanol–water partition coefficient (Wildman–Crippen LogP) is 1.89. The first-order valence-corrected chi connectivity index (χ1v) is 4.56. The van der Waals surface area contributed by atoms with Crippen LogP contribution >= 0.6 is 0 Å². The van der Waals surface area contributed by atoms with Gasteiger partial charge in [0.15, 0.2) is 0 Å². The first-order chi connectivity index (χ1) is 5.42. The number of hydrogen-bond donors (Lipinski definition) is 2. The molecule has 0 saturated carbocycles. The van der Waals surface area contributed by atoms with E-state index in [1.165, 1.54) is 0 Å². The Morgan fingerprint density at radius 3 is 2.25 bits per heavy atom. The van der Waals surface area contributed by atoms with Gasteiger partial charge in [0.05, 0.1) is 0 Å². The van der Waals surface area contributed by atoms with E-state index in [2.05, 4.69) is 38.0 Å². The van der Waals surface area contributed by atoms with E-state index in [4.69, 9.17) is 0 Å². The Kier molecular flexibility index (Phi) is 4.98. The Morgan fingerprint density at radius 2 is 1.83 bits per heavy atom. The molecule has 0 unspecified atom stereocenters. The van der Waals surface area contributed by atoms with Crippen molar-refractivity contribution in [2.75, 3.05) is 13.1 Å². The van der Waals surface area contributed by atoms with Gasteiger partial charge in [-0.3, -0.25) is 0 Å². The molecule has 72 valence electrons. The second kappa shape index (κ2) is 5.20. The van der Waals surface area contributed by atoms with Gasteiger partial charge in [0.2, 0.25) is 0 Å². The van der Waals surface area contributed by atoms with Gasteiger partial charge in [-0.25, -0.2) is 0 Å². The van der Waals surface area contributed by atoms with Crippen LogP contribution in [0.5, 0.6) is 0 Å². The second-order valence-electron chi connectivity index (χ2n) is 4.24. The molecule has 0 fully saturated rings. The molecule has 0 radical (unpaired) electrons. The Hall–Kier alpha value is -0.500. The summed E-state index contributed by atoms with van der Waals surface area (Å²) in [7, 11) is 0. The van der Waals surface area contributed by atoms with Crippen molar-refractivity contribution in [3.63, 3.8) is 0 Å². The highest BCUT2D eigenvalue weighted by Crippen LogP contribution is 1.97. The van der Waals surface area contributed by atoms with Gasteiger partial charge in [0.25, 0.3) is 0 Å². The van der Waals surface area contributed by atoms with E-state index in [0.29, 0.717) is 0 Å². The Labute approximate surface area is 76.4 Å².